The minimum atomic E-state index is 0.144. The van der Waals surface area contributed by atoms with E-state index >= 15 is 0 Å². The van der Waals surface area contributed by atoms with Gasteiger partial charge in [0, 0.05) is 17.6 Å². The Labute approximate surface area is 104 Å². The zero-order valence-electron chi connectivity index (χ0n) is 11.1. The van der Waals surface area contributed by atoms with E-state index in [1.54, 1.807) is 0 Å². The lowest BCUT2D eigenvalue weighted by atomic mass is 9.69. The van der Waals surface area contributed by atoms with E-state index in [2.05, 4.69) is 38.2 Å². The largest absolute Gasteiger partial charge is 0.396 e. The van der Waals surface area contributed by atoms with Crippen LogP contribution in [0.15, 0.2) is 12.1 Å². The lowest BCUT2D eigenvalue weighted by molar-refractivity contribution is 0.0576. The molecule has 17 heavy (non-hydrogen) atoms. The maximum absolute atomic E-state index is 9.44. The molecule has 1 saturated carbocycles. The van der Waals surface area contributed by atoms with Gasteiger partial charge in [-0.15, -0.1) is 0 Å². The Balaban J connectivity index is 2.07. The molecule has 0 aromatic heterocycles. The van der Waals surface area contributed by atoms with Crippen molar-refractivity contribution in [1.82, 2.24) is 0 Å². The van der Waals surface area contributed by atoms with E-state index < -0.39 is 0 Å². The molecule has 1 aromatic carbocycles. The Morgan fingerprint density at radius 2 is 1.88 bits per heavy atom. The summed E-state index contributed by atoms with van der Waals surface area (Å²) in [7, 11) is 0. The van der Waals surface area contributed by atoms with Gasteiger partial charge in [0.25, 0.3) is 0 Å². The SMILES string of the molecule is Cc1ccc(NCC2(CO)CCC2)c(C)c1C. The molecule has 0 aliphatic heterocycles. The summed E-state index contributed by atoms with van der Waals surface area (Å²) in [6, 6.07) is 4.32. The second kappa shape index (κ2) is 4.69. The van der Waals surface area contributed by atoms with Crippen LogP contribution in [0.5, 0.6) is 0 Å². The highest BCUT2D eigenvalue weighted by molar-refractivity contribution is 5.56. The Morgan fingerprint density at radius 1 is 1.18 bits per heavy atom. The van der Waals surface area contributed by atoms with E-state index in [9.17, 15) is 5.11 Å². The summed E-state index contributed by atoms with van der Waals surface area (Å²) < 4.78 is 0. The molecule has 0 atom stereocenters. The number of anilines is 1. The number of hydrogen-bond donors (Lipinski definition) is 2. The third-order valence-electron chi connectivity index (χ3n) is 4.46. The molecule has 0 amide bonds. The smallest absolute Gasteiger partial charge is 0.0504 e. The molecule has 94 valence electrons. The van der Waals surface area contributed by atoms with E-state index in [0.717, 1.165) is 19.4 Å². The Bertz CT molecular complexity index is 402. The molecule has 0 bridgehead atoms. The third-order valence-corrected chi connectivity index (χ3v) is 4.46. The molecule has 1 aliphatic rings. The second-order valence-corrected chi connectivity index (χ2v) is 5.55. The lowest BCUT2D eigenvalue weighted by Crippen LogP contribution is -2.39. The first-order valence-corrected chi connectivity index (χ1v) is 6.49. The predicted octanol–water partition coefficient (Wildman–Crippen LogP) is 3.19. The molecule has 1 aliphatic carbocycles. The number of rotatable bonds is 4. The van der Waals surface area contributed by atoms with E-state index in [-0.39, 0.29) is 5.41 Å². The van der Waals surface area contributed by atoms with E-state index in [1.807, 2.05) is 0 Å². The maximum Gasteiger partial charge on any atom is 0.0504 e. The van der Waals surface area contributed by atoms with Crippen LogP contribution in [-0.4, -0.2) is 18.3 Å². The summed E-state index contributed by atoms with van der Waals surface area (Å²) >= 11 is 0. The summed E-state index contributed by atoms with van der Waals surface area (Å²) in [5, 5.41) is 13.0. The van der Waals surface area contributed by atoms with Crippen LogP contribution in [-0.2, 0) is 0 Å². The lowest BCUT2D eigenvalue weighted by Gasteiger charge is -2.40. The molecule has 2 rings (SSSR count). The predicted molar refractivity (Wildman–Crippen MR) is 72.5 cm³/mol. The van der Waals surface area contributed by atoms with Gasteiger partial charge < -0.3 is 10.4 Å². The van der Waals surface area contributed by atoms with Crippen LogP contribution in [0.4, 0.5) is 5.69 Å². The summed E-state index contributed by atoms with van der Waals surface area (Å²) in [5.41, 5.74) is 5.39. The van der Waals surface area contributed by atoms with Crippen LogP contribution >= 0.6 is 0 Å². The molecule has 0 unspecified atom stereocenters. The van der Waals surface area contributed by atoms with Gasteiger partial charge in [-0.05, 0) is 56.4 Å². The third kappa shape index (κ3) is 2.32. The molecular formula is C15H23NO. The van der Waals surface area contributed by atoms with Crippen molar-refractivity contribution >= 4 is 5.69 Å². The van der Waals surface area contributed by atoms with Crippen molar-refractivity contribution in [1.29, 1.82) is 0 Å². The fourth-order valence-electron chi connectivity index (χ4n) is 2.50. The van der Waals surface area contributed by atoms with Crippen molar-refractivity contribution in [3.05, 3.63) is 28.8 Å². The van der Waals surface area contributed by atoms with Gasteiger partial charge in [-0.2, -0.15) is 0 Å². The van der Waals surface area contributed by atoms with Crippen molar-refractivity contribution in [2.24, 2.45) is 5.41 Å². The zero-order chi connectivity index (χ0) is 12.5. The summed E-state index contributed by atoms with van der Waals surface area (Å²) in [6.07, 6.45) is 3.56. The molecule has 1 aromatic rings. The van der Waals surface area contributed by atoms with Crippen LogP contribution in [0, 0.1) is 26.2 Å². The van der Waals surface area contributed by atoms with Crippen molar-refractivity contribution in [2.75, 3.05) is 18.5 Å². The van der Waals surface area contributed by atoms with Crippen molar-refractivity contribution in [3.8, 4) is 0 Å². The standard InChI is InChI=1S/C15H23NO/c1-11-5-6-14(13(3)12(11)2)16-9-15(10-17)7-4-8-15/h5-6,16-17H,4,7-10H2,1-3H3. The van der Waals surface area contributed by atoms with Crippen LogP contribution in [0.2, 0.25) is 0 Å². The Morgan fingerprint density at radius 3 is 2.41 bits per heavy atom. The first kappa shape index (κ1) is 12.4. The molecule has 2 heteroatoms. The molecule has 2 N–H and O–H groups in total. The second-order valence-electron chi connectivity index (χ2n) is 5.55. The van der Waals surface area contributed by atoms with Crippen LogP contribution in [0.1, 0.15) is 36.0 Å². The summed E-state index contributed by atoms with van der Waals surface area (Å²) in [5.74, 6) is 0. The van der Waals surface area contributed by atoms with Gasteiger partial charge in [-0.25, -0.2) is 0 Å². The number of aliphatic hydroxyl groups excluding tert-OH is 1. The number of hydrogen-bond acceptors (Lipinski definition) is 2. The van der Waals surface area contributed by atoms with Crippen molar-refractivity contribution in [3.63, 3.8) is 0 Å². The van der Waals surface area contributed by atoms with Crippen LogP contribution in [0.3, 0.4) is 0 Å². The highest BCUT2D eigenvalue weighted by Gasteiger charge is 2.36. The molecular weight excluding hydrogens is 210 g/mol. The molecule has 0 saturated heterocycles. The van der Waals surface area contributed by atoms with Gasteiger partial charge in [-0.1, -0.05) is 12.5 Å². The van der Waals surface area contributed by atoms with E-state index in [0.29, 0.717) is 6.61 Å². The molecule has 1 fully saturated rings. The fraction of sp³-hybridized carbons (Fsp3) is 0.600. The quantitative estimate of drug-likeness (QED) is 0.837. The van der Waals surface area contributed by atoms with Crippen molar-refractivity contribution < 1.29 is 5.11 Å². The Kier molecular flexibility index (Phi) is 3.43. The first-order chi connectivity index (χ1) is 8.08. The van der Waals surface area contributed by atoms with Gasteiger partial charge in [0.2, 0.25) is 0 Å². The minimum absolute atomic E-state index is 0.144. The molecule has 0 radical (unpaired) electrons. The monoisotopic (exact) mass is 233 g/mol. The molecule has 0 heterocycles. The highest BCUT2D eigenvalue weighted by Crippen LogP contribution is 2.40. The topological polar surface area (TPSA) is 32.3 Å². The van der Waals surface area contributed by atoms with Gasteiger partial charge in [-0.3, -0.25) is 0 Å². The highest BCUT2D eigenvalue weighted by atomic mass is 16.3. The summed E-state index contributed by atoms with van der Waals surface area (Å²) in [6.45, 7) is 7.68. The maximum atomic E-state index is 9.44. The van der Waals surface area contributed by atoms with E-state index in [1.165, 1.54) is 28.8 Å². The van der Waals surface area contributed by atoms with Gasteiger partial charge in [0.05, 0.1) is 6.61 Å². The van der Waals surface area contributed by atoms with Crippen molar-refractivity contribution in [2.45, 2.75) is 40.0 Å². The fourth-order valence-corrected chi connectivity index (χ4v) is 2.50. The molecule has 2 nitrogen and oxygen atoms in total. The van der Waals surface area contributed by atoms with Crippen LogP contribution in [0.25, 0.3) is 0 Å². The summed E-state index contributed by atoms with van der Waals surface area (Å²) in [4.78, 5) is 0. The average Bonchev–Trinajstić information content (AvgIpc) is 2.28. The number of nitrogens with one attached hydrogen (secondary N) is 1. The first-order valence-electron chi connectivity index (χ1n) is 6.49. The number of benzene rings is 1. The molecule has 0 spiro atoms. The zero-order valence-corrected chi connectivity index (χ0v) is 11.1. The van der Waals surface area contributed by atoms with Gasteiger partial charge in [0.1, 0.15) is 0 Å². The van der Waals surface area contributed by atoms with E-state index in [4.69, 9.17) is 0 Å². The van der Waals surface area contributed by atoms with Crippen LogP contribution < -0.4 is 5.32 Å². The number of aryl methyl sites for hydroxylation is 1. The van der Waals surface area contributed by atoms with Gasteiger partial charge in [0.15, 0.2) is 0 Å². The normalized spacial score (nSPS) is 17.6. The van der Waals surface area contributed by atoms with Gasteiger partial charge >= 0.3 is 0 Å². The Hall–Kier alpha value is -1.02. The average molecular weight is 233 g/mol. The minimum Gasteiger partial charge on any atom is -0.396 e. The number of aliphatic hydroxyl groups is 1.